The van der Waals surface area contributed by atoms with Gasteiger partial charge in [0.2, 0.25) is 5.91 Å². The number of nitrogens with two attached hydrogens (primary N) is 1. The van der Waals surface area contributed by atoms with Gasteiger partial charge in [-0.3, -0.25) is 4.79 Å². The maximum atomic E-state index is 11.5. The van der Waals surface area contributed by atoms with Crippen molar-refractivity contribution in [1.29, 1.82) is 0 Å². The highest BCUT2D eigenvalue weighted by Gasteiger charge is 2.12. The predicted octanol–water partition coefficient (Wildman–Crippen LogP) is 2.33. The highest BCUT2D eigenvalue weighted by atomic mass is 79.9. The van der Waals surface area contributed by atoms with Gasteiger partial charge >= 0.3 is 0 Å². The van der Waals surface area contributed by atoms with Gasteiger partial charge in [-0.15, -0.1) is 23.7 Å². The molecule has 0 bridgehead atoms. The standard InChI is InChI=1S/C10H15BrN2OS.ClH/c1-10(2,12)6-13-9(14)5-7-3-4-8(11)15-7;/h3-4H,5-6,12H2,1-2H3,(H,13,14);1H. The fourth-order valence-corrected chi connectivity index (χ4v) is 2.48. The zero-order valence-corrected chi connectivity index (χ0v) is 12.5. The normalized spacial score (nSPS) is 10.8. The third kappa shape index (κ3) is 6.48. The summed E-state index contributed by atoms with van der Waals surface area (Å²) in [5.41, 5.74) is 5.41. The van der Waals surface area contributed by atoms with Crippen molar-refractivity contribution in [2.75, 3.05) is 6.54 Å². The second kappa shape index (κ2) is 6.59. The summed E-state index contributed by atoms with van der Waals surface area (Å²) < 4.78 is 1.05. The zero-order valence-electron chi connectivity index (χ0n) is 9.25. The van der Waals surface area contributed by atoms with E-state index in [9.17, 15) is 4.79 Å². The Labute approximate surface area is 114 Å². The van der Waals surface area contributed by atoms with Crippen molar-refractivity contribution in [1.82, 2.24) is 5.32 Å². The van der Waals surface area contributed by atoms with Crippen LogP contribution in [0, 0.1) is 0 Å². The Hall–Kier alpha value is -0.100. The molecule has 0 aliphatic carbocycles. The van der Waals surface area contributed by atoms with Crippen LogP contribution in [0.3, 0.4) is 0 Å². The van der Waals surface area contributed by atoms with Gasteiger partial charge in [0.15, 0.2) is 0 Å². The largest absolute Gasteiger partial charge is 0.354 e. The molecule has 0 aliphatic heterocycles. The van der Waals surface area contributed by atoms with E-state index in [2.05, 4.69) is 21.2 Å². The van der Waals surface area contributed by atoms with Gasteiger partial charge in [-0.2, -0.15) is 0 Å². The first-order valence-electron chi connectivity index (χ1n) is 4.66. The summed E-state index contributed by atoms with van der Waals surface area (Å²) in [6.07, 6.45) is 0.423. The summed E-state index contributed by atoms with van der Waals surface area (Å²) in [7, 11) is 0. The number of halogens is 2. The van der Waals surface area contributed by atoms with Crippen LogP contribution in [0.2, 0.25) is 0 Å². The molecule has 0 aromatic carbocycles. The van der Waals surface area contributed by atoms with Crippen LogP contribution in [0.5, 0.6) is 0 Å². The Morgan fingerprint density at radius 1 is 1.56 bits per heavy atom. The quantitative estimate of drug-likeness (QED) is 0.892. The predicted molar refractivity (Wildman–Crippen MR) is 74.2 cm³/mol. The molecule has 3 N–H and O–H groups in total. The van der Waals surface area contributed by atoms with Crippen LogP contribution in [0.1, 0.15) is 18.7 Å². The van der Waals surface area contributed by atoms with Crippen LogP contribution in [0.15, 0.2) is 15.9 Å². The van der Waals surface area contributed by atoms with E-state index < -0.39 is 0 Å². The summed E-state index contributed by atoms with van der Waals surface area (Å²) in [4.78, 5) is 12.5. The molecule has 0 atom stereocenters. The maximum absolute atomic E-state index is 11.5. The van der Waals surface area contributed by atoms with Crippen LogP contribution in [-0.2, 0) is 11.2 Å². The van der Waals surface area contributed by atoms with Gasteiger partial charge in [0.05, 0.1) is 10.2 Å². The Balaban J connectivity index is 0.00000225. The Bertz CT molecular complexity index is 349. The zero-order chi connectivity index (χ0) is 11.5. The van der Waals surface area contributed by atoms with E-state index in [-0.39, 0.29) is 23.9 Å². The minimum atomic E-state index is -0.355. The minimum Gasteiger partial charge on any atom is -0.354 e. The number of amides is 1. The van der Waals surface area contributed by atoms with Crippen molar-refractivity contribution in [2.45, 2.75) is 25.8 Å². The molecular formula is C10H16BrClN2OS. The molecule has 1 rings (SSSR count). The van der Waals surface area contributed by atoms with E-state index in [0.29, 0.717) is 13.0 Å². The van der Waals surface area contributed by atoms with Gasteiger partial charge in [0.1, 0.15) is 0 Å². The van der Waals surface area contributed by atoms with Crippen LogP contribution in [0.25, 0.3) is 0 Å². The van der Waals surface area contributed by atoms with Crippen LogP contribution >= 0.6 is 39.7 Å². The molecular weight excluding hydrogens is 312 g/mol. The summed E-state index contributed by atoms with van der Waals surface area (Å²) >= 11 is 4.93. The van der Waals surface area contributed by atoms with Gasteiger partial charge in [-0.1, -0.05) is 0 Å². The average molecular weight is 328 g/mol. The van der Waals surface area contributed by atoms with Crippen molar-refractivity contribution >= 4 is 45.6 Å². The Kier molecular flexibility index (Phi) is 6.55. The molecule has 0 unspecified atom stereocenters. The number of rotatable bonds is 4. The lowest BCUT2D eigenvalue weighted by Gasteiger charge is -2.18. The molecule has 3 nitrogen and oxygen atoms in total. The summed E-state index contributed by atoms with van der Waals surface area (Å²) in [5.74, 6) is 0.0166. The Morgan fingerprint density at radius 2 is 2.19 bits per heavy atom. The summed E-state index contributed by atoms with van der Waals surface area (Å²) in [6, 6.07) is 3.89. The molecule has 1 aromatic rings. The third-order valence-electron chi connectivity index (χ3n) is 1.70. The van der Waals surface area contributed by atoms with Crippen molar-refractivity contribution in [2.24, 2.45) is 5.73 Å². The lowest BCUT2D eigenvalue weighted by Crippen LogP contribution is -2.45. The molecule has 6 heteroatoms. The average Bonchev–Trinajstić information content (AvgIpc) is 2.47. The second-order valence-electron chi connectivity index (χ2n) is 4.15. The molecule has 0 spiro atoms. The number of carbonyl (C=O) groups is 1. The number of hydrogen-bond acceptors (Lipinski definition) is 3. The molecule has 0 saturated heterocycles. The third-order valence-corrected chi connectivity index (χ3v) is 3.33. The Morgan fingerprint density at radius 3 is 2.62 bits per heavy atom. The van der Waals surface area contributed by atoms with Gasteiger partial charge < -0.3 is 11.1 Å². The highest BCUT2D eigenvalue weighted by molar-refractivity contribution is 9.11. The summed E-state index contributed by atoms with van der Waals surface area (Å²) in [6.45, 7) is 4.27. The number of thiophene rings is 1. The molecule has 0 saturated carbocycles. The summed E-state index contributed by atoms with van der Waals surface area (Å²) in [5, 5.41) is 2.81. The van der Waals surface area contributed by atoms with Gasteiger partial charge in [0.25, 0.3) is 0 Å². The minimum absolute atomic E-state index is 0. The maximum Gasteiger partial charge on any atom is 0.225 e. The van der Waals surface area contributed by atoms with Crippen LogP contribution in [-0.4, -0.2) is 18.0 Å². The number of hydrogen-bond donors (Lipinski definition) is 2. The molecule has 1 heterocycles. The molecule has 1 amide bonds. The molecule has 0 fully saturated rings. The van der Waals surface area contributed by atoms with E-state index in [0.717, 1.165) is 8.66 Å². The molecule has 0 radical (unpaired) electrons. The van der Waals surface area contributed by atoms with Crippen LogP contribution in [0.4, 0.5) is 0 Å². The van der Waals surface area contributed by atoms with E-state index >= 15 is 0 Å². The van der Waals surface area contributed by atoms with E-state index in [1.807, 2.05) is 26.0 Å². The fourth-order valence-electron chi connectivity index (χ4n) is 0.994. The lowest BCUT2D eigenvalue weighted by molar-refractivity contribution is -0.120. The van der Waals surface area contributed by atoms with Gasteiger partial charge in [-0.05, 0) is 41.9 Å². The first kappa shape index (κ1) is 15.9. The fraction of sp³-hybridized carbons (Fsp3) is 0.500. The number of nitrogens with one attached hydrogen (secondary N) is 1. The smallest absolute Gasteiger partial charge is 0.225 e. The first-order chi connectivity index (χ1) is 6.87. The van der Waals surface area contributed by atoms with Gasteiger partial charge in [0, 0.05) is 17.0 Å². The molecule has 92 valence electrons. The monoisotopic (exact) mass is 326 g/mol. The van der Waals surface area contributed by atoms with Gasteiger partial charge in [-0.25, -0.2) is 0 Å². The van der Waals surface area contributed by atoms with E-state index in [1.165, 1.54) is 0 Å². The van der Waals surface area contributed by atoms with Crippen LogP contribution < -0.4 is 11.1 Å². The second-order valence-corrected chi connectivity index (χ2v) is 6.70. The molecule has 1 aromatic heterocycles. The molecule has 16 heavy (non-hydrogen) atoms. The van der Waals surface area contributed by atoms with Crippen molar-refractivity contribution < 1.29 is 4.79 Å². The number of carbonyl (C=O) groups excluding carboxylic acids is 1. The van der Waals surface area contributed by atoms with Crippen molar-refractivity contribution in [3.8, 4) is 0 Å². The van der Waals surface area contributed by atoms with E-state index in [4.69, 9.17) is 5.73 Å². The topological polar surface area (TPSA) is 55.1 Å². The first-order valence-corrected chi connectivity index (χ1v) is 6.27. The lowest BCUT2D eigenvalue weighted by atomic mass is 10.1. The van der Waals surface area contributed by atoms with Crippen molar-refractivity contribution in [3.05, 3.63) is 20.8 Å². The molecule has 0 aliphatic rings. The van der Waals surface area contributed by atoms with E-state index in [1.54, 1.807) is 11.3 Å². The highest BCUT2D eigenvalue weighted by Crippen LogP contribution is 2.22. The SMILES string of the molecule is CC(C)(N)CNC(=O)Cc1ccc(Br)s1.Cl. The van der Waals surface area contributed by atoms with Crippen molar-refractivity contribution in [3.63, 3.8) is 0 Å².